The topological polar surface area (TPSA) is 93.7 Å². The summed E-state index contributed by atoms with van der Waals surface area (Å²) in [6.45, 7) is 7.04. The second-order valence-corrected chi connectivity index (χ2v) is 7.94. The number of nitrogens with zero attached hydrogens (tertiary/aromatic N) is 3. The zero-order chi connectivity index (χ0) is 18.3. The Labute approximate surface area is 140 Å². The third-order valence-corrected chi connectivity index (χ3v) is 6.46. The van der Waals surface area contributed by atoms with Gasteiger partial charge >= 0.3 is 25.9 Å². The lowest BCUT2D eigenvalue weighted by atomic mass is 10.5. The Morgan fingerprint density at radius 1 is 0.958 bits per heavy atom. The Morgan fingerprint density at radius 3 is 1.96 bits per heavy atom. The minimum atomic E-state index is -2.80. The van der Waals surface area contributed by atoms with Crippen LogP contribution in [0.5, 0.6) is 0 Å². The van der Waals surface area contributed by atoms with Gasteiger partial charge < -0.3 is 13.3 Å². The van der Waals surface area contributed by atoms with Crippen molar-refractivity contribution in [2.45, 2.75) is 25.6 Å². The van der Waals surface area contributed by atoms with Crippen LogP contribution in [0.15, 0.2) is 33.6 Å². The van der Waals surface area contributed by atoms with Crippen molar-refractivity contribution in [3.8, 4) is 0 Å². The van der Waals surface area contributed by atoms with Crippen molar-refractivity contribution in [1.29, 1.82) is 0 Å². The molecular weight excluding hydrogens is 334 g/mol. The zero-order valence-electron chi connectivity index (χ0n) is 14.2. The largest absolute Gasteiger partial charge is 0.500 e. The van der Waals surface area contributed by atoms with Crippen LogP contribution >= 0.6 is 0 Å². The molecule has 0 amide bonds. The minimum absolute atomic E-state index is 0.00130. The Morgan fingerprint density at radius 2 is 1.50 bits per heavy atom. The van der Waals surface area contributed by atoms with E-state index in [9.17, 15) is 14.4 Å². The van der Waals surface area contributed by atoms with Crippen LogP contribution in [0.2, 0.25) is 6.04 Å². The van der Waals surface area contributed by atoms with Gasteiger partial charge in [-0.05, 0) is 6.42 Å². The third kappa shape index (κ3) is 3.90. The van der Waals surface area contributed by atoms with Gasteiger partial charge in [-0.15, -0.1) is 6.58 Å². The molecule has 1 rings (SSSR count). The van der Waals surface area contributed by atoms with E-state index in [0.717, 1.165) is 19.9 Å². The molecule has 1 aromatic rings. The average molecular weight is 357 g/mol. The average Bonchev–Trinajstić information content (AvgIpc) is 2.59. The first-order valence-corrected chi connectivity index (χ1v) is 9.19. The van der Waals surface area contributed by atoms with E-state index in [-0.39, 0.29) is 13.1 Å². The molecule has 0 aliphatic heterocycles. The summed E-state index contributed by atoms with van der Waals surface area (Å²) in [6.07, 6.45) is 2.89. The number of hydrogen-bond donors (Lipinski definition) is 0. The molecule has 9 nitrogen and oxygen atoms in total. The summed E-state index contributed by atoms with van der Waals surface area (Å²) >= 11 is 0. The van der Waals surface area contributed by atoms with Gasteiger partial charge in [0.25, 0.3) is 0 Å². The lowest BCUT2D eigenvalue weighted by Crippen LogP contribution is -2.53. The van der Waals surface area contributed by atoms with Gasteiger partial charge in [-0.3, -0.25) is 0 Å². The standard InChI is InChI=1S/C14H23N3O6Si/c1-6-9-16-12(18)15(7-2)13(19)17(14(16)20)10-8-11-24(21-3,22-4)23-5/h6-7H,1-2,8-11H2,3-5H3. The SMILES string of the molecule is C=CCn1c(=O)n(C=C)c(=O)n(CCC[Si](OC)(OC)OC)c1=O. The highest BCUT2D eigenvalue weighted by Gasteiger charge is 2.37. The van der Waals surface area contributed by atoms with Crippen LogP contribution in [-0.2, 0) is 26.4 Å². The number of hydrogen-bond acceptors (Lipinski definition) is 6. The van der Waals surface area contributed by atoms with E-state index in [2.05, 4.69) is 13.2 Å². The van der Waals surface area contributed by atoms with Crippen LogP contribution in [0.3, 0.4) is 0 Å². The van der Waals surface area contributed by atoms with E-state index in [1.54, 1.807) is 0 Å². The van der Waals surface area contributed by atoms with Crippen LogP contribution in [0.4, 0.5) is 0 Å². The Hall–Kier alpha value is -2.01. The Bertz CT molecular complexity index is 751. The van der Waals surface area contributed by atoms with Crippen molar-refractivity contribution in [3.63, 3.8) is 0 Å². The Balaban J connectivity index is 3.21. The fourth-order valence-electron chi connectivity index (χ4n) is 2.29. The molecule has 24 heavy (non-hydrogen) atoms. The molecule has 1 aromatic heterocycles. The van der Waals surface area contributed by atoms with Crippen molar-refractivity contribution in [2.75, 3.05) is 21.3 Å². The summed E-state index contributed by atoms with van der Waals surface area (Å²) < 4.78 is 18.6. The van der Waals surface area contributed by atoms with Crippen molar-refractivity contribution >= 4 is 15.0 Å². The lowest BCUT2D eigenvalue weighted by molar-refractivity contribution is 0.122. The second-order valence-electron chi connectivity index (χ2n) is 4.85. The molecule has 0 spiro atoms. The molecule has 134 valence electrons. The normalized spacial score (nSPS) is 11.5. The summed E-state index contributed by atoms with van der Waals surface area (Å²) in [5.41, 5.74) is -2.17. The highest BCUT2D eigenvalue weighted by Crippen LogP contribution is 2.14. The summed E-state index contributed by atoms with van der Waals surface area (Å²) in [7, 11) is 1.66. The fourth-order valence-corrected chi connectivity index (χ4v) is 4.00. The van der Waals surface area contributed by atoms with Crippen molar-refractivity contribution < 1.29 is 13.3 Å². The quantitative estimate of drug-likeness (QED) is 0.423. The molecule has 1 heterocycles. The molecule has 0 radical (unpaired) electrons. The van der Waals surface area contributed by atoms with Gasteiger partial charge in [0.2, 0.25) is 0 Å². The van der Waals surface area contributed by atoms with Gasteiger partial charge in [0.05, 0.1) is 6.54 Å². The van der Waals surface area contributed by atoms with Crippen molar-refractivity contribution in [1.82, 2.24) is 13.7 Å². The van der Waals surface area contributed by atoms with Crippen molar-refractivity contribution in [3.05, 3.63) is 50.7 Å². The van der Waals surface area contributed by atoms with E-state index >= 15 is 0 Å². The maximum absolute atomic E-state index is 12.4. The summed E-state index contributed by atoms with van der Waals surface area (Å²) in [5, 5.41) is 0. The van der Waals surface area contributed by atoms with E-state index in [4.69, 9.17) is 13.3 Å². The van der Waals surface area contributed by atoms with Crippen LogP contribution in [-0.4, -0.2) is 43.8 Å². The summed E-state index contributed by atoms with van der Waals surface area (Å²) in [6, 6.07) is 0.414. The molecule has 0 aromatic carbocycles. The van der Waals surface area contributed by atoms with Crippen LogP contribution in [0.1, 0.15) is 6.42 Å². The van der Waals surface area contributed by atoms with Gasteiger partial charge in [0.1, 0.15) is 0 Å². The van der Waals surface area contributed by atoms with E-state index < -0.39 is 25.9 Å². The molecule has 0 aliphatic rings. The molecule has 0 fully saturated rings. The molecule has 0 saturated heterocycles. The molecule has 0 saturated carbocycles. The Kier molecular flexibility index (Phi) is 7.29. The molecule has 0 aliphatic carbocycles. The molecular formula is C14H23N3O6Si. The molecule has 0 N–H and O–H groups in total. The third-order valence-electron chi connectivity index (χ3n) is 3.63. The summed E-state index contributed by atoms with van der Waals surface area (Å²) in [5.74, 6) is 0. The lowest BCUT2D eigenvalue weighted by Gasteiger charge is -2.24. The van der Waals surface area contributed by atoms with E-state index in [1.165, 1.54) is 27.4 Å². The number of allylic oxidation sites excluding steroid dienone is 1. The predicted octanol–water partition coefficient (Wildman–Crippen LogP) is -0.274. The van der Waals surface area contributed by atoms with Crippen molar-refractivity contribution in [2.24, 2.45) is 0 Å². The molecule has 10 heteroatoms. The molecule has 0 atom stereocenters. The first-order chi connectivity index (χ1) is 11.4. The summed E-state index contributed by atoms with van der Waals surface area (Å²) in [4.78, 5) is 36.8. The zero-order valence-corrected chi connectivity index (χ0v) is 15.2. The maximum atomic E-state index is 12.4. The number of aromatic nitrogens is 3. The van der Waals surface area contributed by atoms with E-state index in [1.807, 2.05) is 0 Å². The van der Waals surface area contributed by atoms with Gasteiger partial charge in [-0.2, -0.15) is 0 Å². The highest BCUT2D eigenvalue weighted by molar-refractivity contribution is 6.60. The van der Waals surface area contributed by atoms with Crippen LogP contribution < -0.4 is 17.1 Å². The first-order valence-electron chi connectivity index (χ1n) is 7.26. The smallest absolute Gasteiger partial charge is 0.377 e. The van der Waals surface area contributed by atoms with Gasteiger partial charge in [-0.1, -0.05) is 12.7 Å². The van der Waals surface area contributed by atoms with Gasteiger partial charge in [0.15, 0.2) is 0 Å². The second kappa shape index (κ2) is 8.73. The maximum Gasteiger partial charge on any atom is 0.500 e. The fraction of sp³-hybridized carbons (Fsp3) is 0.500. The predicted molar refractivity (Wildman–Crippen MR) is 92.0 cm³/mol. The van der Waals surface area contributed by atoms with Crippen LogP contribution in [0.25, 0.3) is 6.20 Å². The molecule has 0 unspecified atom stereocenters. The van der Waals surface area contributed by atoms with Crippen LogP contribution in [0, 0.1) is 0 Å². The highest BCUT2D eigenvalue weighted by atomic mass is 28.4. The van der Waals surface area contributed by atoms with Gasteiger partial charge in [-0.25, -0.2) is 28.1 Å². The number of rotatable bonds is 10. The molecule has 0 bridgehead atoms. The van der Waals surface area contributed by atoms with Gasteiger partial charge in [0, 0.05) is 40.1 Å². The minimum Gasteiger partial charge on any atom is -0.377 e. The van der Waals surface area contributed by atoms with E-state index in [0.29, 0.717) is 12.5 Å². The first kappa shape index (κ1) is 20.0. The monoisotopic (exact) mass is 357 g/mol.